The number of fused-ring (bicyclic) bond motifs is 3. The molecule has 0 bridgehead atoms. The first-order chi connectivity index (χ1) is 17.4. The van der Waals surface area contributed by atoms with Gasteiger partial charge in [-0.25, -0.2) is 0 Å². The molecular formula is C33H24N2. The highest BCUT2D eigenvalue weighted by Crippen LogP contribution is 2.43. The number of benzene rings is 5. The minimum Gasteiger partial charge on any atom is -0.347 e. The maximum Gasteiger partial charge on any atom is 0.140 e. The van der Waals surface area contributed by atoms with E-state index in [9.17, 15) is 0 Å². The predicted molar refractivity (Wildman–Crippen MR) is 148 cm³/mol. The number of hydrogen-bond donors (Lipinski definition) is 0. The van der Waals surface area contributed by atoms with Crippen LogP contribution in [0.1, 0.15) is 5.56 Å². The highest BCUT2D eigenvalue weighted by Gasteiger charge is 2.24. The van der Waals surface area contributed by atoms with Crippen LogP contribution in [0.15, 0.2) is 133 Å². The molecule has 0 spiro atoms. The molecule has 0 saturated carbocycles. The van der Waals surface area contributed by atoms with Gasteiger partial charge >= 0.3 is 0 Å². The summed E-state index contributed by atoms with van der Waals surface area (Å²) in [5, 5.41) is 5.13. The summed E-state index contributed by atoms with van der Waals surface area (Å²) in [5.41, 5.74) is 7.41. The van der Waals surface area contributed by atoms with E-state index >= 15 is 0 Å². The zero-order valence-electron chi connectivity index (χ0n) is 19.3. The Hall–Kier alpha value is -4.43. The average Bonchev–Trinajstić information content (AvgIpc) is 3.37. The molecule has 2 aliphatic rings. The van der Waals surface area contributed by atoms with E-state index in [0.717, 1.165) is 12.3 Å². The van der Waals surface area contributed by atoms with E-state index in [1.807, 2.05) is 0 Å². The normalized spacial score (nSPS) is 16.6. The summed E-state index contributed by atoms with van der Waals surface area (Å²) in [6.07, 6.45) is 8.56. The second-order valence-corrected chi connectivity index (χ2v) is 9.17. The quantitative estimate of drug-likeness (QED) is 0.257. The molecule has 5 aromatic carbocycles. The molecule has 2 heterocycles. The van der Waals surface area contributed by atoms with E-state index in [-0.39, 0.29) is 6.17 Å². The van der Waals surface area contributed by atoms with Crippen LogP contribution in [0.2, 0.25) is 0 Å². The van der Waals surface area contributed by atoms with Crippen LogP contribution in [0.3, 0.4) is 0 Å². The number of rotatable bonds is 3. The van der Waals surface area contributed by atoms with Gasteiger partial charge in [0.05, 0.1) is 12.3 Å². The van der Waals surface area contributed by atoms with Crippen molar-refractivity contribution in [1.82, 2.24) is 4.90 Å². The molecule has 7 rings (SSSR count). The molecule has 0 fully saturated rings. The molecule has 2 heteroatoms. The highest BCUT2D eigenvalue weighted by molar-refractivity contribution is 6.21. The van der Waals surface area contributed by atoms with Crippen molar-refractivity contribution < 1.29 is 0 Å². The van der Waals surface area contributed by atoms with Crippen molar-refractivity contribution in [3.05, 3.63) is 133 Å². The molecule has 166 valence electrons. The Bertz CT molecular complexity index is 1600. The summed E-state index contributed by atoms with van der Waals surface area (Å²) < 4.78 is 0. The van der Waals surface area contributed by atoms with E-state index in [0.29, 0.717) is 0 Å². The average molecular weight is 449 g/mol. The fraction of sp³-hybridized carbons (Fsp3) is 0.0606. The lowest BCUT2D eigenvalue weighted by atomic mass is 9.86. The Balaban J connectivity index is 1.41. The Morgan fingerprint density at radius 1 is 0.543 bits per heavy atom. The molecular weight excluding hydrogens is 424 g/mol. The molecule has 0 radical (unpaired) electrons. The Morgan fingerprint density at radius 3 is 1.63 bits per heavy atom. The van der Waals surface area contributed by atoms with Gasteiger partial charge in [0.25, 0.3) is 0 Å². The molecule has 35 heavy (non-hydrogen) atoms. The lowest BCUT2D eigenvalue weighted by Gasteiger charge is -2.20. The topological polar surface area (TPSA) is 15.6 Å². The standard InChI is InChI=1S/C33H24N2/c1-2-10-24(11-3-1)32-26-12-4-6-14-28(26)33(29-15-7-5-13-27(29)32)25-19-17-23(18-20-25)30-22-35-21-9-8-16-31(35)34-30/h1-21,31H,22H2. The lowest BCUT2D eigenvalue weighted by Crippen LogP contribution is -2.25. The number of hydrogen-bond acceptors (Lipinski definition) is 2. The molecule has 5 aromatic rings. The SMILES string of the molecule is C1=CC2N=C(c3ccc(-c4c5ccccc5c(-c5ccccc5)c5ccccc45)cc3)CN2C=C1. The summed E-state index contributed by atoms with van der Waals surface area (Å²) >= 11 is 0. The third kappa shape index (κ3) is 3.30. The molecule has 2 aliphatic heterocycles. The van der Waals surface area contributed by atoms with Crippen LogP contribution in [0, 0.1) is 0 Å². The smallest absolute Gasteiger partial charge is 0.140 e. The maximum absolute atomic E-state index is 4.93. The van der Waals surface area contributed by atoms with E-state index in [2.05, 4.69) is 132 Å². The zero-order chi connectivity index (χ0) is 23.2. The van der Waals surface area contributed by atoms with Crippen molar-refractivity contribution in [2.24, 2.45) is 4.99 Å². The van der Waals surface area contributed by atoms with Crippen molar-refractivity contribution in [2.75, 3.05) is 6.54 Å². The van der Waals surface area contributed by atoms with Gasteiger partial charge in [0.1, 0.15) is 6.17 Å². The van der Waals surface area contributed by atoms with Gasteiger partial charge in [0.15, 0.2) is 0 Å². The van der Waals surface area contributed by atoms with Gasteiger partial charge < -0.3 is 4.90 Å². The first-order valence-corrected chi connectivity index (χ1v) is 12.1. The molecule has 0 aromatic heterocycles. The van der Waals surface area contributed by atoms with Crippen LogP contribution in [-0.2, 0) is 0 Å². The van der Waals surface area contributed by atoms with Crippen molar-refractivity contribution >= 4 is 27.3 Å². The Labute approximate surface area is 205 Å². The molecule has 2 nitrogen and oxygen atoms in total. The van der Waals surface area contributed by atoms with Crippen LogP contribution >= 0.6 is 0 Å². The maximum atomic E-state index is 4.93. The summed E-state index contributed by atoms with van der Waals surface area (Å²) in [6, 6.07) is 37.3. The monoisotopic (exact) mass is 448 g/mol. The van der Waals surface area contributed by atoms with Gasteiger partial charge in [-0.3, -0.25) is 4.99 Å². The summed E-state index contributed by atoms with van der Waals surface area (Å²) in [6.45, 7) is 0.850. The lowest BCUT2D eigenvalue weighted by molar-refractivity contribution is 0.393. The van der Waals surface area contributed by atoms with Crippen LogP contribution < -0.4 is 0 Å². The zero-order valence-corrected chi connectivity index (χ0v) is 19.3. The van der Waals surface area contributed by atoms with E-state index in [1.54, 1.807) is 0 Å². The second kappa shape index (κ2) is 8.11. The minimum atomic E-state index is 0.132. The summed E-state index contributed by atoms with van der Waals surface area (Å²) in [5.74, 6) is 0. The van der Waals surface area contributed by atoms with Gasteiger partial charge in [-0.1, -0.05) is 109 Å². The molecule has 1 unspecified atom stereocenters. The second-order valence-electron chi connectivity index (χ2n) is 9.17. The minimum absolute atomic E-state index is 0.132. The first-order valence-electron chi connectivity index (χ1n) is 12.1. The van der Waals surface area contributed by atoms with Gasteiger partial charge in [-0.15, -0.1) is 0 Å². The van der Waals surface area contributed by atoms with Gasteiger partial charge in [-0.2, -0.15) is 0 Å². The number of aliphatic imine (C=N–C) groups is 1. The predicted octanol–water partition coefficient (Wildman–Crippen LogP) is 7.84. The van der Waals surface area contributed by atoms with Crippen LogP contribution in [0.4, 0.5) is 0 Å². The Kier molecular flexibility index (Phi) is 4.63. The number of nitrogens with zero attached hydrogens (tertiary/aromatic N) is 2. The van der Waals surface area contributed by atoms with Crippen molar-refractivity contribution in [3.8, 4) is 22.3 Å². The first kappa shape index (κ1) is 20.0. The van der Waals surface area contributed by atoms with E-state index in [4.69, 9.17) is 4.99 Å². The van der Waals surface area contributed by atoms with Crippen molar-refractivity contribution in [3.63, 3.8) is 0 Å². The summed E-state index contributed by atoms with van der Waals surface area (Å²) in [4.78, 5) is 7.20. The largest absolute Gasteiger partial charge is 0.347 e. The third-order valence-electron chi connectivity index (χ3n) is 7.13. The molecule has 0 N–H and O–H groups in total. The molecule has 0 saturated heterocycles. The van der Waals surface area contributed by atoms with Gasteiger partial charge in [0.2, 0.25) is 0 Å². The molecule has 0 amide bonds. The van der Waals surface area contributed by atoms with E-state index < -0.39 is 0 Å². The highest BCUT2D eigenvalue weighted by atomic mass is 15.3. The number of allylic oxidation sites excluding steroid dienone is 2. The fourth-order valence-corrected chi connectivity index (χ4v) is 5.51. The van der Waals surface area contributed by atoms with Gasteiger partial charge in [0, 0.05) is 6.20 Å². The summed E-state index contributed by atoms with van der Waals surface area (Å²) in [7, 11) is 0. The Morgan fingerprint density at radius 2 is 1.06 bits per heavy atom. The fourth-order valence-electron chi connectivity index (χ4n) is 5.51. The van der Waals surface area contributed by atoms with Crippen molar-refractivity contribution in [2.45, 2.75) is 6.17 Å². The van der Waals surface area contributed by atoms with Crippen LogP contribution in [-0.4, -0.2) is 23.3 Å². The van der Waals surface area contributed by atoms with E-state index in [1.165, 1.54) is 49.4 Å². The third-order valence-corrected chi connectivity index (χ3v) is 7.13. The molecule has 0 aliphatic carbocycles. The van der Waals surface area contributed by atoms with Crippen LogP contribution in [0.25, 0.3) is 43.8 Å². The van der Waals surface area contributed by atoms with Gasteiger partial charge in [-0.05, 0) is 61.5 Å². The van der Waals surface area contributed by atoms with Crippen molar-refractivity contribution in [1.29, 1.82) is 0 Å². The van der Waals surface area contributed by atoms with Crippen LogP contribution in [0.5, 0.6) is 0 Å². The molecule has 1 atom stereocenters.